The van der Waals surface area contributed by atoms with Crippen molar-refractivity contribution >= 4 is 24.1 Å². The highest BCUT2D eigenvalue weighted by molar-refractivity contribution is 5.86. The Labute approximate surface area is 339 Å². The van der Waals surface area contributed by atoms with Crippen molar-refractivity contribution in [2.45, 2.75) is 177 Å². The fourth-order valence-electron chi connectivity index (χ4n) is 13.3. The Kier molecular flexibility index (Phi) is 12.2. The third-order valence-corrected chi connectivity index (χ3v) is 17.0. The van der Waals surface area contributed by atoms with Crippen molar-refractivity contribution < 1.29 is 43.6 Å². The quantitative estimate of drug-likeness (QED) is 0.0488. The van der Waals surface area contributed by atoms with Gasteiger partial charge in [-0.05, 0) is 104 Å². The van der Waals surface area contributed by atoms with E-state index in [9.17, 15) is 29.4 Å². The van der Waals surface area contributed by atoms with Gasteiger partial charge in [0.2, 0.25) is 5.79 Å². The summed E-state index contributed by atoms with van der Waals surface area (Å²) >= 11 is 0. The maximum atomic E-state index is 13.7. The summed E-state index contributed by atoms with van der Waals surface area (Å²) in [5.74, 6) is -2.25. The zero-order valence-corrected chi connectivity index (χ0v) is 35.9. The van der Waals surface area contributed by atoms with Gasteiger partial charge in [-0.1, -0.05) is 104 Å². The van der Waals surface area contributed by atoms with Gasteiger partial charge in [0.15, 0.2) is 0 Å². The normalized spacial score (nSPS) is 38.0. The summed E-state index contributed by atoms with van der Waals surface area (Å²) in [5, 5.41) is 29.9. The fourth-order valence-corrected chi connectivity index (χ4v) is 13.3. The number of esters is 3. The lowest BCUT2D eigenvalue weighted by Gasteiger charge is -2.72. The summed E-state index contributed by atoms with van der Waals surface area (Å²) in [5.41, 5.74) is -0.280. The van der Waals surface area contributed by atoms with Crippen molar-refractivity contribution in [1.29, 1.82) is 0 Å². The highest BCUT2D eigenvalue weighted by atomic mass is 16.7. The average molecular weight is 796 g/mol. The Balaban J connectivity index is 1.13. The zero-order valence-electron chi connectivity index (χ0n) is 35.9. The molecule has 0 aromatic carbocycles. The van der Waals surface area contributed by atoms with Crippen LogP contribution in [0, 0.1) is 56.7 Å². The molecule has 1 aromatic heterocycles. The number of rotatable bonds is 13. The molecule has 4 saturated carbocycles. The molecule has 4 fully saturated rings. The first-order valence-corrected chi connectivity index (χ1v) is 21.9. The number of carboxylic acid groups (broad SMARTS) is 1. The number of allylic oxidation sites excluding steroid dienone is 2. The predicted molar refractivity (Wildman–Crippen MR) is 212 cm³/mol. The standard InChI is InChI=1S/C45H69N3O9/c1-9-10-11-12-13-14-15-35(49)55-28-31-26-48(47-46-31)27-36(50)57-45(54)25-22-41(6)33(40(45,4)5)19-20-43(8)34(41)17-16-32-37-30(3)29(2)18-21-44(37,24-23-42(32,43)7)38(51)56-39(52)53/h16,26,29-30,33-34,37,54H,9-15,17-25,27-28H2,1-8H3,(H,52,53)/t29-,30+,33?,34-,37+,41+,42-,43-,44+,45?/m1/s1. The predicted octanol–water partition coefficient (Wildman–Crippen LogP) is 9.18. The highest BCUT2D eigenvalue weighted by Gasteiger charge is 2.71. The number of hydrogen-bond acceptors (Lipinski definition) is 10. The number of aromatic nitrogens is 3. The minimum absolute atomic E-state index is 0.0201. The lowest BCUT2D eigenvalue weighted by molar-refractivity contribution is -0.318. The number of unbranched alkanes of at least 4 members (excludes halogenated alkanes) is 5. The van der Waals surface area contributed by atoms with Crippen molar-refractivity contribution in [1.82, 2.24) is 15.0 Å². The monoisotopic (exact) mass is 796 g/mol. The van der Waals surface area contributed by atoms with Gasteiger partial charge in [0.25, 0.3) is 0 Å². The minimum Gasteiger partial charge on any atom is -0.459 e. The zero-order chi connectivity index (χ0) is 41.6. The molecule has 0 aliphatic heterocycles. The first-order valence-electron chi connectivity index (χ1n) is 21.9. The summed E-state index contributed by atoms with van der Waals surface area (Å²) < 4.78 is 17.7. The molecule has 12 heteroatoms. The Bertz CT molecular complexity index is 1720. The van der Waals surface area contributed by atoms with Gasteiger partial charge in [0.1, 0.15) is 18.8 Å². The molecule has 6 rings (SSSR count). The van der Waals surface area contributed by atoms with Gasteiger partial charge in [-0.2, -0.15) is 0 Å². The van der Waals surface area contributed by atoms with Crippen LogP contribution in [0.15, 0.2) is 17.8 Å². The van der Waals surface area contributed by atoms with E-state index in [4.69, 9.17) is 14.2 Å². The van der Waals surface area contributed by atoms with Crippen molar-refractivity contribution in [3.63, 3.8) is 0 Å². The SMILES string of the molecule is CCCCCCCCC(=O)OCc1cn(CC(=O)OC2(O)CC[C@@]3(C)C(CC[C@]4(C)[C@@H]3CC=C3[C@@H]5[C@@H](C)[C@H](C)CC[C@]5(C(=O)OC(=O)O)CC[C@]34C)C2(C)C)nn1. The van der Waals surface area contributed by atoms with E-state index < -0.39 is 34.7 Å². The van der Waals surface area contributed by atoms with Crippen molar-refractivity contribution in [3.8, 4) is 0 Å². The van der Waals surface area contributed by atoms with Crippen LogP contribution in [0.25, 0.3) is 0 Å². The number of carbonyl (C=O) groups excluding carboxylic acids is 3. The topological polar surface area (TPSA) is 167 Å². The van der Waals surface area contributed by atoms with Crippen molar-refractivity contribution in [2.24, 2.45) is 56.7 Å². The van der Waals surface area contributed by atoms with E-state index in [1.54, 1.807) is 6.20 Å². The van der Waals surface area contributed by atoms with Gasteiger partial charge in [-0.25, -0.2) is 14.3 Å². The molecular weight excluding hydrogens is 727 g/mol. The van der Waals surface area contributed by atoms with Gasteiger partial charge >= 0.3 is 24.1 Å². The molecule has 12 nitrogen and oxygen atoms in total. The highest BCUT2D eigenvalue weighted by Crippen LogP contribution is 2.76. The van der Waals surface area contributed by atoms with Crippen LogP contribution in [0.1, 0.15) is 164 Å². The molecule has 0 amide bonds. The van der Waals surface area contributed by atoms with Crippen LogP contribution >= 0.6 is 0 Å². The van der Waals surface area contributed by atoms with Gasteiger partial charge in [0, 0.05) is 18.3 Å². The van der Waals surface area contributed by atoms with Crippen molar-refractivity contribution in [3.05, 3.63) is 23.5 Å². The Morgan fingerprint density at radius 2 is 1.60 bits per heavy atom. The van der Waals surface area contributed by atoms with Crippen LogP contribution in [-0.4, -0.2) is 55.1 Å². The molecule has 57 heavy (non-hydrogen) atoms. The van der Waals surface area contributed by atoms with Crippen LogP contribution in [0.4, 0.5) is 4.79 Å². The summed E-state index contributed by atoms with van der Waals surface area (Å²) in [7, 11) is 0. The number of fused-ring (bicyclic) bond motifs is 7. The van der Waals surface area contributed by atoms with Crippen LogP contribution in [0.5, 0.6) is 0 Å². The van der Waals surface area contributed by atoms with Crippen LogP contribution < -0.4 is 0 Å². The first-order chi connectivity index (χ1) is 26.8. The van der Waals surface area contributed by atoms with Gasteiger partial charge in [0.05, 0.1) is 11.6 Å². The lowest BCUT2D eigenvalue weighted by atomic mass is 9.33. The van der Waals surface area contributed by atoms with E-state index in [-0.39, 0.29) is 53.1 Å². The summed E-state index contributed by atoms with van der Waals surface area (Å²) in [4.78, 5) is 51.0. The van der Waals surface area contributed by atoms with Crippen LogP contribution in [0.2, 0.25) is 0 Å². The Morgan fingerprint density at radius 1 is 0.877 bits per heavy atom. The molecule has 318 valence electrons. The smallest absolute Gasteiger partial charge is 0.459 e. The second-order valence-corrected chi connectivity index (χ2v) is 20.0. The molecule has 5 aliphatic carbocycles. The molecule has 10 atom stereocenters. The maximum Gasteiger partial charge on any atom is 0.513 e. The second kappa shape index (κ2) is 16.1. The lowest BCUT2D eigenvalue weighted by Crippen LogP contribution is -2.68. The van der Waals surface area contributed by atoms with E-state index in [0.29, 0.717) is 49.6 Å². The fraction of sp³-hybridized carbons (Fsp3) is 0.822. The van der Waals surface area contributed by atoms with Gasteiger partial charge in [-0.3, -0.25) is 9.59 Å². The van der Waals surface area contributed by atoms with Gasteiger partial charge < -0.3 is 24.4 Å². The number of ether oxygens (including phenoxy) is 3. The minimum atomic E-state index is -1.68. The third-order valence-electron chi connectivity index (χ3n) is 17.0. The van der Waals surface area contributed by atoms with E-state index in [1.807, 2.05) is 13.8 Å². The third kappa shape index (κ3) is 7.47. The molecule has 5 aliphatic rings. The number of carbonyl (C=O) groups is 4. The second-order valence-electron chi connectivity index (χ2n) is 20.0. The summed E-state index contributed by atoms with van der Waals surface area (Å²) in [6.45, 7) is 17.7. The van der Waals surface area contributed by atoms with E-state index in [0.717, 1.165) is 51.4 Å². The Morgan fingerprint density at radius 3 is 2.32 bits per heavy atom. The molecule has 1 aromatic rings. The first kappa shape index (κ1) is 43.3. The summed E-state index contributed by atoms with van der Waals surface area (Å²) in [6.07, 6.45) is 15.8. The molecule has 0 spiro atoms. The maximum absolute atomic E-state index is 13.7. The number of aliphatic hydroxyl groups is 1. The van der Waals surface area contributed by atoms with E-state index in [1.165, 1.54) is 29.5 Å². The molecule has 2 unspecified atom stereocenters. The van der Waals surface area contributed by atoms with Gasteiger partial charge in [-0.15, -0.1) is 5.10 Å². The number of hydrogen-bond donors (Lipinski definition) is 2. The average Bonchev–Trinajstić information content (AvgIpc) is 3.59. The van der Waals surface area contributed by atoms with Crippen molar-refractivity contribution in [2.75, 3.05) is 0 Å². The van der Waals surface area contributed by atoms with E-state index in [2.05, 4.69) is 57.9 Å². The molecule has 1 heterocycles. The van der Waals surface area contributed by atoms with Crippen LogP contribution in [-0.2, 0) is 41.7 Å². The molecule has 2 N–H and O–H groups in total. The molecule has 0 radical (unpaired) electrons. The Hall–Kier alpha value is -3.28. The molecule has 0 bridgehead atoms. The summed E-state index contributed by atoms with van der Waals surface area (Å²) in [6, 6.07) is 0. The van der Waals surface area contributed by atoms with Crippen LogP contribution in [0.3, 0.4) is 0 Å². The number of nitrogens with zero attached hydrogens (tertiary/aromatic N) is 3. The van der Waals surface area contributed by atoms with E-state index >= 15 is 0 Å². The molecule has 0 saturated heterocycles. The largest absolute Gasteiger partial charge is 0.513 e. The molecular formula is C45H69N3O9.